The van der Waals surface area contributed by atoms with Crippen molar-refractivity contribution in [2.45, 2.75) is 39.3 Å². The number of anilines is 1. The van der Waals surface area contributed by atoms with E-state index in [1.54, 1.807) is 13.2 Å². The van der Waals surface area contributed by atoms with Gasteiger partial charge < -0.3 is 24.9 Å². The zero-order valence-electron chi connectivity index (χ0n) is 18.6. The lowest BCUT2D eigenvalue weighted by molar-refractivity contribution is 0.312. The number of likely N-dealkylation sites (N-methyl/N-ethyl adjacent to an activating group) is 1. The Balaban J connectivity index is 0.00000320. The van der Waals surface area contributed by atoms with Gasteiger partial charge in [0.15, 0.2) is 5.96 Å². The normalized spacial score (nSPS) is 15.6. The highest BCUT2D eigenvalue weighted by Gasteiger charge is 2.20. The number of pyridine rings is 1. The number of hydrogen-bond donors (Lipinski definition) is 2. The lowest BCUT2D eigenvalue weighted by atomic mass is 9.94. The highest BCUT2D eigenvalue weighted by atomic mass is 127. The summed E-state index contributed by atoms with van der Waals surface area (Å²) in [6.45, 7) is 11.5. The van der Waals surface area contributed by atoms with Crippen LogP contribution in [0.2, 0.25) is 0 Å². The smallest absolute Gasteiger partial charge is 0.213 e. The summed E-state index contributed by atoms with van der Waals surface area (Å²) in [7, 11) is 3.92. The molecule has 0 spiro atoms. The fourth-order valence-corrected chi connectivity index (χ4v) is 3.17. The second-order valence-corrected chi connectivity index (χ2v) is 8.42. The van der Waals surface area contributed by atoms with Gasteiger partial charge >= 0.3 is 0 Å². The van der Waals surface area contributed by atoms with Gasteiger partial charge in [0.25, 0.3) is 0 Å². The Hall–Kier alpha value is -1.88. The minimum absolute atomic E-state index is 0. The summed E-state index contributed by atoms with van der Waals surface area (Å²) >= 11 is 0. The van der Waals surface area contributed by atoms with Crippen molar-refractivity contribution in [3.05, 3.63) is 41.7 Å². The maximum Gasteiger partial charge on any atom is 0.213 e. The fraction of sp³-hybridized carbons (Fsp3) is 0.571. The van der Waals surface area contributed by atoms with Gasteiger partial charge in [0, 0.05) is 56.9 Å². The summed E-state index contributed by atoms with van der Waals surface area (Å²) in [5.41, 5.74) is 1.11. The van der Waals surface area contributed by atoms with E-state index >= 15 is 0 Å². The van der Waals surface area contributed by atoms with Gasteiger partial charge in [-0.25, -0.2) is 9.97 Å². The third-order valence-corrected chi connectivity index (χ3v) is 5.04. The zero-order valence-corrected chi connectivity index (χ0v) is 20.9. The van der Waals surface area contributed by atoms with E-state index in [0.29, 0.717) is 24.9 Å². The molecule has 0 bridgehead atoms. The Morgan fingerprint density at radius 3 is 2.47 bits per heavy atom. The molecule has 1 fully saturated rings. The molecule has 1 aliphatic rings. The van der Waals surface area contributed by atoms with Gasteiger partial charge in [-0.05, 0) is 13.1 Å². The van der Waals surface area contributed by atoms with Crippen molar-refractivity contribution in [2.75, 3.05) is 45.2 Å². The van der Waals surface area contributed by atoms with Crippen LogP contribution in [0.5, 0.6) is 0 Å². The van der Waals surface area contributed by atoms with Crippen molar-refractivity contribution in [3.8, 4) is 0 Å². The monoisotopic (exact) mass is 527 g/mol. The van der Waals surface area contributed by atoms with E-state index in [4.69, 9.17) is 4.42 Å². The van der Waals surface area contributed by atoms with Crippen molar-refractivity contribution in [1.29, 1.82) is 0 Å². The molecule has 1 aliphatic heterocycles. The summed E-state index contributed by atoms with van der Waals surface area (Å²) in [6.07, 6.45) is 3.66. The molecule has 0 saturated carbocycles. The van der Waals surface area contributed by atoms with Gasteiger partial charge in [-0.3, -0.25) is 4.99 Å². The maximum absolute atomic E-state index is 5.84. The second-order valence-electron chi connectivity index (χ2n) is 8.42. The molecule has 0 atom stereocenters. The van der Waals surface area contributed by atoms with Crippen LogP contribution in [-0.2, 0) is 18.5 Å². The van der Waals surface area contributed by atoms with Crippen molar-refractivity contribution < 1.29 is 4.42 Å². The predicted molar refractivity (Wildman–Crippen MR) is 132 cm³/mol. The average molecular weight is 527 g/mol. The molecule has 0 amide bonds. The molecule has 2 aromatic rings. The number of aromatic nitrogens is 2. The third kappa shape index (κ3) is 6.56. The Labute approximate surface area is 196 Å². The lowest BCUT2D eigenvalue weighted by Gasteiger charge is -2.34. The summed E-state index contributed by atoms with van der Waals surface area (Å²) in [5, 5.41) is 6.64. The first kappa shape index (κ1) is 24.4. The highest BCUT2D eigenvalue weighted by Crippen LogP contribution is 2.22. The van der Waals surface area contributed by atoms with Gasteiger partial charge in [0.2, 0.25) is 5.89 Å². The van der Waals surface area contributed by atoms with E-state index in [9.17, 15) is 0 Å². The van der Waals surface area contributed by atoms with Crippen molar-refractivity contribution in [2.24, 2.45) is 4.99 Å². The van der Waals surface area contributed by atoms with Crippen LogP contribution >= 0.6 is 24.0 Å². The van der Waals surface area contributed by atoms with Crippen molar-refractivity contribution >= 4 is 35.8 Å². The second kappa shape index (κ2) is 10.9. The fourth-order valence-electron chi connectivity index (χ4n) is 3.17. The van der Waals surface area contributed by atoms with Gasteiger partial charge in [-0.2, -0.15) is 0 Å². The van der Waals surface area contributed by atoms with E-state index in [1.165, 1.54) is 0 Å². The molecule has 3 heterocycles. The molecule has 3 rings (SSSR count). The van der Waals surface area contributed by atoms with E-state index in [-0.39, 0.29) is 29.4 Å². The van der Waals surface area contributed by atoms with E-state index in [1.807, 2.05) is 12.3 Å². The highest BCUT2D eigenvalue weighted by molar-refractivity contribution is 14.0. The molecule has 8 nitrogen and oxygen atoms in total. The van der Waals surface area contributed by atoms with Crippen molar-refractivity contribution in [3.63, 3.8) is 0 Å². The summed E-state index contributed by atoms with van der Waals surface area (Å²) in [5.74, 6) is 3.28. The van der Waals surface area contributed by atoms with Crippen LogP contribution in [0.4, 0.5) is 5.82 Å². The Morgan fingerprint density at radius 2 is 1.83 bits per heavy atom. The molecular formula is C21H34IN7O. The molecule has 2 aromatic heterocycles. The van der Waals surface area contributed by atoms with Gasteiger partial charge in [0.1, 0.15) is 11.6 Å². The number of rotatable bonds is 5. The minimum atomic E-state index is -0.0505. The van der Waals surface area contributed by atoms with Crippen LogP contribution in [0.1, 0.15) is 38.0 Å². The quantitative estimate of drug-likeness (QED) is 0.352. The van der Waals surface area contributed by atoms with E-state index < -0.39 is 0 Å². The molecule has 30 heavy (non-hydrogen) atoms. The van der Waals surface area contributed by atoms with Gasteiger partial charge in [-0.1, -0.05) is 26.8 Å². The molecule has 0 radical (unpaired) electrons. The first-order chi connectivity index (χ1) is 13.9. The first-order valence-electron chi connectivity index (χ1n) is 10.1. The Morgan fingerprint density at radius 1 is 1.13 bits per heavy atom. The molecule has 0 aromatic carbocycles. The summed E-state index contributed by atoms with van der Waals surface area (Å²) in [6, 6.07) is 4.10. The molecule has 1 saturated heterocycles. The minimum Gasteiger partial charge on any atom is -0.443 e. The molecule has 166 valence electrons. The van der Waals surface area contributed by atoms with Crippen LogP contribution in [0.3, 0.4) is 0 Å². The number of hydrogen-bond acceptors (Lipinski definition) is 6. The number of halogens is 1. The Kier molecular flexibility index (Phi) is 8.90. The van der Waals surface area contributed by atoms with Crippen LogP contribution in [0.25, 0.3) is 0 Å². The lowest BCUT2D eigenvalue weighted by Crippen LogP contribution is -2.45. The molecular weight excluding hydrogens is 493 g/mol. The maximum atomic E-state index is 5.84. The Bertz CT molecular complexity index is 823. The standard InChI is InChI=1S/C21H33N7O.HI/c1-21(2,3)17-14-24-18(29-17)15-26-20(22-4)25-13-16-7-6-8-23-19(16)28-11-9-27(5)10-12-28;/h6-8,14H,9-13,15H2,1-5H3,(H2,22,25,26);1H. The average Bonchev–Trinajstić information content (AvgIpc) is 3.19. The molecule has 0 unspecified atom stereocenters. The van der Waals surface area contributed by atoms with Crippen molar-refractivity contribution in [1.82, 2.24) is 25.5 Å². The molecule has 9 heteroatoms. The number of nitrogens with zero attached hydrogens (tertiary/aromatic N) is 5. The number of nitrogens with one attached hydrogen (secondary N) is 2. The van der Waals surface area contributed by atoms with Gasteiger partial charge in [-0.15, -0.1) is 24.0 Å². The first-order valence-corrected chi connectivity index (χ1v) is 10.1. The largest absolute Gasteiger partial charge is 0.443 e. The molecule has 2 N–H and O–H groups in total. The topological polar surface area (TPSA) is 81.8 Å². The SMILES string of the molecule is CN=C(NCc1ncc(C(C)(C)C)o1)NCc1cccnc1N1CCN(C)CC1.I. The predicted octanol–water partition coefficient (Wildman–Crippen LogP) is 2.60. The third-order valence-electron chi connectivity index (χ3n) is 5.04. The summed E-state index contributed by atoms with van der Waals surface area (Å²) < 4.78 is 5.84. The summed E-state index contributed by atoms with van der Waals surface area (Å²) in [4.78, 5) is 18.0. The van der Waals surface area contributed by atoms with E-state index in [2.05, 4.69) is 69.3 Å². The van der Waals surface area contributed by atoms with Gasteiger partial charge in [0.05, 0.1) is 12.7 Å². The van der Waals surface area contributed by atoms with E-state index in [0.717, 1.165) is 43.3 Å². The molecule has 0 aliphatic carbocycles. The van der Waals surface area contributed by atoms with Crippen LogP contribution in [0.15, 0.2) is 33.9 Å². The zero-order chi connectivity index (χ0) is 20.9. The van der Waals surface area contributed by atoms with Crippen LogP contribution < -0.4 is 15.5 Å². The number of oxazole rings is 1. The van der Waals surface area contributed by atoms with Crippen LogP contribution in [0, 0.1) is 0 Å². The number of piperazine rings is 1. The number of aliphatic imine (C=N–C) groups is 1. The number of guanidine groups is 1. The van der Waals surface area contributed by atoms with Crippen LogP contribution in [-0.4, -0.2) is 61.1 Å².